The molecule has 142 valence electrons. The van der Waals surface area contributed by atoms with Crippen molar-refractivity contribution in [1.29, 1.82) is 0 Å². The number of rotatable bonds is 7. The van der Waals surface area contributed by atoms with Gasteiger partial charge in [-0.05, 0) is 30.2 Å². The van der Waals surface area contributed by atoms with Gasteiger partial charge in [-0.1, -0.05) is 25.8 Å². The van der Waals surface area contributed by atoms with E-state index in [9.17, 15) is 0 Å². The lowest BCUT2D eigenvalue weighted by atomic mass is 10.0. The van der Waals surface area contributed by atoms with E-state index in [0.717, 1.165) is 47.2 Å². The van der Waals surface area contributed by atoms with E-state index >= 15 is 0 Å². The van der Waals surface area contributed by atoms with Gasteiger partial charge in [0.1, 0.15) is 5.82 Å². The quantitative estimate of drug-likeness (QED) is 0.524. The first-order valence-electron chi connectivity index (χ1n) is 9.53. The van der Waals surface area contributed by atoms with Crippen molar-refractivity contribution in [2.45, 2.75) is 32.2 Å². The fraction of sp³-hybridized carbons (Fsp3) is 0.286. The zero-order valence-electron chi connectivity index (χ0n) is 16.1. The van der Waals surface area contributed by atoms with Gasteiger partial charge in [0.25, 0.3) is 0 Å². The van der Waals surface area contributed by atoms with Crippen LogP contribution in [0.3, 0.4) is 0 Å². The molecule has 4 heterocycles. The van der Waals surface area contributed by atoms with Gasteiger partial charge in [0.15, 0.2) is 11.5 Å². The molecule has 4 rings (SSSR count). The first-order valence-corrected chi connectivity index (χ1v) is 9.53. The molecule has 0 aromatic carbocycles. The number of aromatic nitrogens is 6. The topological polar surface area (TPSA) is 81.4 Å². The Morgan fingerprint density at radius 1 is 1.04 bits per heavy atom. The maximum atomic E-state index is 4.83. The number of fused-ring (bicyclic) bond motifs is 1. The molecule has 0 aliphatic heterocycles. The highest BCUT2D eigenvalue weighted by atomic mass is 15.3. The van der Waals surface area contributed by atoms with E-state index in [0.29, 0.717) is 5.82 Å². The van der Waals surface area contributed by atoms with Crippen LogP contribution in [0, 0.1) is 0 Å². The molecule has 0 radical (unpaired) electrons. The first kappa shape index (κ1) is 18.0. The van der Waals surface area contributed by atoms with Crippen LogP contribution in [0.5, 0.6) is 0 Å². The minimum absolute atomic E-state index is 0.122. The van der Waals surface area contributed by atoms with E-state index in [1.807, 2.05) is 37.6 Å². The monoisotopic (exact) mass is 373 g/mol. The van der Waals surface area contributed by atoms with Gasteiger partial charge in [0, 0.05) is 37.4 Å². The molecule has 0 saturated heterocycles. The van der Waals surface area contributed by atoms with Crippen molar-refractivity contribution in [3.8, 4) is 11.4 Å². The molecular formula is C21H23N7. The van der Waals surface area contributed by atoms with Gasteiger partial charge in [-0.2, -0.15) is 5.10 Å². The number of anilines is 1. The third-order valence-corrected chi connectivity index (χ3v) is 4.77. The summed E-state index contributed by atoms with van der Waals surface area (Å²) in [7, 11) is 1.89. The lowest BCUT2D eigenvalue weighted by molar-refractivity contribution is 0.631. The Bertz CT molecular complexity index is 1040. The molecule has 4 aromatic rings. The van der Waals surface area contributed by atoms with Crippen LogP contribution < -0.4 is 5.32 Å². The van der Waals surface area contributed by atoms with Crippen LogP contribution in [0.15, 0.2) is 55.2 Å². The van der Waals surface area contributed by atoms with Crippen LogP contribution >= 0.6 is 0 Å². The lowest BCUT2D eigenvalue weighted by Gasteiger charge is -2.20. The number of hydrogen-bond acceptors (Lipinski definition) is 6. The second kappa shape index (κ2) is 8.12. The fourth-order valence-electron chi connectivity index (χ4n) is 3.24. The fourth-order valence-corrected chi connectivity index (χ4v) is 3.24. The van der Waals surface area contributed by atoms with Gasteiger partial charge in [0.2, 0.25) is 0 Å². The highest BCUT2D eigenvalue weighted by Gasteiger charge is 2.17. The number of nitrogens with one attached hydrogen (secondary N) is 1. The Hall–Kier alpha value is -3.35. The number of pyridine rings is 2. The van der Waals surface area contributed by atoms with Gasteiger partial charge in [-0.15, -0.1) is 0 Å². The minimum atomic E-state index is 0.122. The average Bonchev–Trinajstić information content (AvgIpc) is 3.13. The second-order valence-corrected chi connectivity index (χ2v) is 6.76. The molecule has 1 atom stereocenters. The number of aryl methyl sites for hydroxylation is 1. The molecule has 4 aromatic heterocycles. The van der Waals surface area contributed by atoms with Crippen LogP contribution in [0.25, 0.3) is 22.4 Å². The molecule has 0 bridgehead atoms. The number of nitrogens with zero attached hydrogens (tertiary/aromatic N) is 6. The molecule has 1 N–H and O–H groups in total. The summed E-state index contributed by atoms with van der Waals surface area (Å²) < 4.78 is 1.78. The van der Waals surface area contributed by atoms with Gasteiger partial charge >= 0.3 is 0 Å². The Balaban J connectivity index is 1.78. The standard InChI is InChI=1S/C21H23N7/c1-3-4-7-18(16-6-5-10-23-13-16)25-20-17-14-24-28(2)21(17)27-19(26-20)15-8-11-22-12-9-15/h5-6,8-14,18H,3-4,7H2,1-2H3,(H,25,26,27). The Kier molecular flexibility index (Phi) is 5.23. The van der Waals surface area contributed by atoms with Crippen LogP contribution in [0.1, 0.15) is 37.8 Å². The molecule has 0 saturated carbocycles. The van der Waals surface area contributed by atoms with E-state index in [1.165, 1.54) is 0 Å². The summed E-state index contributed by atoms with van der Waals surface area (Å²) in [4.78, 5) is 17.9. The molecule has 7 nitrogen and oxygen atoms in total. The van der Waals surface area contributed by atoms with Crippen LogP contribution in [-0.2, 0) is 7.05 Å². The number of hydrogen-bond donors (Lipinski definition) is 1. The highest BCUT2D eigenvalue weighted by molar-refractivity contribution is 5.88. The SMILES string of the molecule is CCCCC(Nc1nc(-c2ccncc2)nc2c1cnn2C)c1cccnc1. The van der Waals surface area contributed by atoms with Gasteiger partial charge in [0.05, 0.1) is 17.6 Å². The Labute approximate surface area is 163 Å². The predicted molar refractivity (Wildman–Crippen MR) is 110 cm³/mol. The molecule has 0 amide bonds. The molecule has 28 heavy (non-hydrogen) atoms. The summed E-state index contributed by atoms with van der Waals surface area (Å²) in [6.07, 6.45) is 12.3. The van der Waals surface area contributed by atoms with Gasteiger partial charge < -0.3 is 5.32 Å². The zero-order valence-corrected chi connectivity index (χ0v) is 16.1. The summed E-state index contributed by atoms with van der Waals surface area (Å²) in [6.45, 7) is 2.20. The largest absolute Gasteiger partial charge is 0.362 e. The second-order valence-electron chi connectivity index (χ2n) is 6.76. The van der Waals surface area contributed by atoms with Crippen molar-refractivity contribution in [3.05, 3.63) is 60.8 Å². The van der Waals surface area contributed by atoms with Crippen LogP contribution in [-0.4, -0.2) is 29.7 Å². The molecule has 0 fully saturated rings. The summed E-state index contributed by atoms with van der Waals surface area (Å²) in [5.41, 5.74) is 2.87. The van der Waals surface area contributed by atoms with Crippen molar-refractivity contribution >= 4 is 16.9 Å². The molecule has 1 unspecified atom stereocenters. The van der Waals surface area contributed by atoms with Crippen LogP contribution in [0.2, 0.25) is 0 Å². The average molecular weight is 373 g/mol. The maximum absolute atomic E-state index is 4.83. The summed E-state index contributed by atoms with van der Waals surface area (Å²) in [5.74, 6) is 1.44. The van der Waals surface area contributed by atoms with Crippen molar-refractivity contribution < 1.29 is 0 Å². The zero-order chi connectivity index (χ0) is 19.3. The number of unbranched alkanes of at least 4 members (excludes halogenated alkanes) is 1. The maximum Gasteiger partial charge on any atom is 0.164 e. The van der Waals surface area contributed by atoms with Crippen molar-refractivity contribution in [2.24, 2.45) is 7.05 Å². The van der Waals surface area contributed by atoms with Gasteiger partial charge in [-0.3, -0.25) is 14.6 Å². The van der Waals surface area contributed by atoms with Crippen molar-refractivity contribution in [2.75, 3.05) is 5.32 Å². The van der Waals surface area contributed by atoms with Crippen molar-refractivity contribution in [3.63, 3.8) is 0 Å². The Morgan fingerprint density at radius 2 is 1.89 bits per heavy atom. The normalized spacial score (nSPS) is 12.2. The first-order chi connectivity index (χ1) is 13.8. The highest BCUT2D eigenvalue weighted by Crippen LogP contribution is 2.29. The molecule has 7 heteroatoms. The molecule has 0 spiro atoms. The van der Waals surface area contributed by atoms with Gasteiger partial charge in [-0.25, -0.2) is 9.97 Å². The van der Waals surface area contributed by atoms with Crippen molar-refractivity contribution in [1.82, 2.24) is 29.7 Å². The van der Waals surface area contributed by atoms with E-state index in [-0.39, 0.29) is 6.04 Å². The van der Waals surface area contributed by atoms with Crippen LogP contribution in [0.4, 0.5) is 5.82 Å². The lowest BCUT2D eigenvalue weighted by Crippen LogP contribution is -2.13. The van der Waals surface area contributed by atoms with E-state index < -0.39 is 0 Å². The molecule has 0 aliphatic carbocycles. The Morgan fingerprint density at radius 3 is 2.64 bits per heavy atom. The van der Waals surface area contributed by atoms with E-state index in [2.05, 4.69) is 33.4 Å². The smallest absolute Gasteiger partial charge is 0.164 e. The van der Waals surface area contributed by atoms with E-state index in [4.69, 9.17) is 9.97 Å². The molecule has 0 aliphatic rings. The third kappa shape index (κ3) is 3.69. The third-order valence-electron chi connectivity index (χ3n) is 4.77. The summed E-state index contributed by atoms with van der Waals surface area (Å²) in [5, 5.41) is 8.93. The summed E-state index contributed by atoms with van der Waals surface area (Å²) in [6, 6.07) is 8.02. The predicted octanol–water partition coefficient (Wildman–Crippen LogP) is 4.16. The summed E-state index contributed by atoms with van der Waals surface area (Å²) >= 11 is 0. The molecular weight excluding hydrogens is 350 g/mol. The minimum Gasteiger partial charge on any atom is -0.362 e. The van der Waals surface area contributed by atoms with E-state index in [1.54, 1.807) is 23.3 Å².